The first kappa shape index (κ1) is 21.5. The zero-order valence-electron chi connectivity index (χ0n) is 17.2. The van der Waals surface area contributed by atoms with Crippen LogP contribution in [0, 0.1) is 17.2 Å². The first-order valence-corrected chi connectivity index (χ1v) is 10.4. The minimum Gasteiger partial charge on any atom is -0.343 e. The second-order valence-corrected chi connectivity index (χ2v) is 9.51. The maximum Gasteiger partial charge on any atom is 0.227 e. The number of nitrogens with zero attached hydrogens (tertiary/aromatic N) is 1. The van der Waals surface area contributed by atoms with Gasteiger partial charge in [0.1, 0.15) is 5.82 Å². The van der Waals surface area contributed by atoms with Gasteiger partial charge in [-0.05, 0) is 48.4 Å². The maximum atomic E-state index is 13.9. The van der Waals surface area contributed by atoms with E-state index in [1.165, 1.54) is 23.5 Å². The molecule has 0 saturated heterocycles. The molecule has 0 fully saturated rings. The fourth-order valence-corrected chi connectivity index (χ4v) is 4.31. The average Bonchev–Trinajstić information content (AvgIpc) is 2.91. The molecule has 1 aromatic heterocycles. The van der Waals surface area contributed by atoms with Crippen LogP contribution in [-0.2, 0) is 11.2 Å². The SMILES string of the molecule is CCN(CCC(C)C)C(=O)Cc1c(C(=O)C(C)(C)C)sc2ccc(F)cc12. The first-order chi connectivity index (χ1) is 12.5. The van der Waals surface area contributed by atoms with E-state index in [-0.39, 0.29) is 23.9 Å². The van der Waals surface area contributed by atoms with Gasteiger partial charge in [-0.1, -0.05) is 34.6 Å². The van der Waals surface area contributed by atoms with Gasteiger partial charge in [-0.25, -0.2) is 4.39 Å². The van der Waals surface area contributed by atoms with E-state index in [2.05, 4.69) is 13.8 Å². The van der Waals surface area contributed by atoms with Crippen molar-refractivity contribution in [2.75, 3.05) is 13.1 Å². The van der Waals surface area contributed by atoms with Gasteiger partial charge in [-0.3, -0.25) is 9.59 Å². The molecule has 3 nitrogen and oxygen atoms in total. The summed E-state index contributed by atoms with van der Waals surface area (Å²) in [6.45, 7) is 13.2. The third kappa shape index (κ3) is 5.16. The summed E-state index contributed by atoms with van der Waals surface area (Å²) in [5.74, 6) is 0.152. The van der Waals surface area contributed by atoms with Gasteiger partial charge in [0.2, 0.25) is 5.91 Å². The number of amides is 1. The van der Waals surface area contributed by atoms with Crippen molar-refractivity contribution in [1.29, 1.82) is 0 Å². The molecule has 0 spiro atoms. The predicted octanol–water partition coefficient (Wildman–Crippen LogP) is 5.71. The number of hydrogen-bond donors (Lipinski definition) is 0. The molecule has 2 rings (SSSR count). The molecule has 0 atom stereocenters. The van der Waals surface area contributed by atoms with E-state index in [0.29, 0.717) is 34.8 Å². The predicted molar refractivity (Wildman–Crippen MR) is 111 cm³/mol. The molecular formula is C22H30FNO2S. The summed E-state index contributed by atoms with van der Waals surface area (Å²) in [6, 6.07) is 4.54. The highest BCUT2D eigenvalue weighted by atomic mass is 32.1. The van der Waals surface area contributed by atoms with Crippen LogP contribution in [0.15, 0.2) is 18.2 Å². The molecule has 1 aromatic carbocycles. The molecule has 148 valence electrons. The van der Waals surface area contributed by atoms with Gasteiger partial charge in [0.15, 0.2) is 5.78 Å². The minimum absolute atomic E-state index is 0.00265. The summed E-state index contributed by atoms with van der Waals surface area (Å²) in [5, 5.41) is 0.681. The third-order valence-electron chi connectivity index (χ3n) is 4.68. The lowest BCUT2D eigenvalue weighted by Crippen LogP contribution is -2.34. The maximum absolute atomic E-state index is 13.9. The average molecular weight is 392 g/mol. The summed E-state index contributed by atoms with van der Waals surface area (Å²) in [7, 11) is 0. The molecule has 27 heavy (non-hydrogen) atoms. The van der Waals surface area contributed by atoms with Crippen molar-refractivity contribution in [1.82, 2.24) is 4.90 Å². The number of hydrogen-bond acceptors (Lipinski definition) is 3. The molecule has 0 saturated carbocycles. The quantitative estimate of drug-likeness (QED) is 0.567. The number of fused-ring (bicyclic) bond motifs is 1. The van der Waals surface area contributed by atoms with Gasteiger partial charge in [0.05, 0.1) is 11.3 Å². The third-order valence-corrected chi connectivity index (χ3v) is 5.89. The lowest BCUT2D eigenvalue weighted by Gasteiger charge is -2.22. The van der Waals surface area contributed by atoms with Gasteiger partial charge in [-0.2, -0.15) is 0 Å². The van der Waals surface area contributed by atoms with Crippen molar-refractivity contribution in [2.45, 2.75) is 54.4 Å². The fraction of sp³-hybridized carbons (Fsp3) is 0.545. The van der Waals surface area contributed by atoms with Crippen LogP contribution in [0.1, 0.15) is 63.2 Å². The highest BCUT2D eigenvalue weighted by Crippen LogP contribution is 2.36. The molecule has 0 unspecified atom stereocenters. The number of thiophene rings is 1. The van der Waals surface area contributed by atoms with E-state index >= 15 is 0 Å². The summed E-state index contributed by atoms with van der Waals surface area (Å²) in [5.41, 5.74) is 0.113. The zero-order valence-corrected chi connectivity index (χ0v) is 18.0. The molecule has 5 heteroatoms. The molecule has 0 radical (unpaired) electrons. The molecule has 0 aliphatic carbocycles. The molecule has 2 aromatic rings. The van der Waals surface area contributed by atoms with Crippen LogP contribution in [0.2, 0.25) is 0 Å². The van der Waals surface area contributed by atoms with Crippen molar-refractivity contribution in [3.05, 3.63) is 34.5 Å². The van der Waals surface area contributed by atoms with E-state index in [0.717, 1.165) is 11.1 Å². The number of benzene rings is 1. The standard InChI is InChI=1S/C22H30FNO2S/c1-7-24(11-10-14(2)3)19(25)13-17-16-12-15(23)8-9-18(16)27-20(17)21(26)22(4,5)6/h8-9,12,14H,7,10-11,13H2,1-6H3. The number of rotatable bonds is 7. The Kier molecular flexibility index (Phi) is 6.79. The van der Waals surface area contributed by atoms with Gasteiger partial charge >= 0.3 is 0 Å². The number of likely N-dealkylation sites (N-methyl/N-ethyl adjacent to an activating group) is 1. The Bertz CT molecular complexity index is 833. The summed E-state index contributed by atoms with van der Waals surface area (Å²) in [6.07, 6.45) is 1.07. The minimum atomic E-state index is -0.556. The molecular weight excluding hydrogens is 361 g/mol. The van der Waals surface area contributed by atoms with Crippen molar-refractivity contribution < 1.29 is 14.0 Å². The molecule has 1 heterocycles. The van der Waals surface area contributed by atoms with Crippen LogP contribution in [-0.4, -0.2) is 29.7 Å². The van der Waals surface area contributed by atoms with Gasteiger partial charge in [0, 0.05) is 23.2 Å². The molecule has 0 aliphatic heterocycles. The highest BCUT2D eigenvalue weighted by Gasteiger charge is 2.29. The van der Waals surface area contributed by atoms with Gasteiger partial charge in [0.25, 0.3) is 0 Å². The van der Waals surface area contributed by atoms with E-state index < -0.39 is 5.41 Å². The van der Waals surface area contributed by atoms with Crippen LogP contribution < -0.4 is 0 Å². The normalized spacial score (nSPS) is 12.0. The van der Waals surface area contributed by atoms with E-state index in [9.17, 15) is 14.0 Å². The zero-order chi connectivity index (χ0) is 20.4. The lowest BCUT2D eigenvalue weighted by atomic mass is 9.88. The number of ketones is 1. The van der Waals surface area contributed by atoms with Crippen molar-refractivity contribution in [2.24, 2.45) is 11.3 Å². The van der Waals surface area contributed by atoms with Crippen molar-refractivity contribution in [3.63, 3.8) is 0 Å². The monoisotopic (exact) mass is 391 g/mol. The van der Waals surface area contributed by atoms with Crippen LogP contribution >= 0.6 is 11.3 Å². The largest absolute Gasteiger partial charge is 0.343 e. The second-order valence-electron chi connectivity index (χ2n) is 8.46. The van der Waals surface area contributed by atoms with Crippen LogP contribution in [0.25, 0.3) is 10.1 Å². The number of Topliss-reactive ketones (excluding diaryl/α,β-unsaturated/α-hetero) is 1. The molecule has 0 aliphatic rings. The topological polar surface area (TPSA) is 37.4 Å². The molecule has 0 N–H and O–H groups in total. The Morgan fingerprint density at radius 1 is 1.22 bits per heavy atom. The van der Waals surface area contributed by atoms with Crippen molar-refractivity contribution in [3.8, 4) is 0 Å². The second kappa shape index (κ2) is 8.51. The van der Waals surface area contributed by atoms with Crippen LogP contribution in [0.5, 0.6) is 0 Å². The number of carbonyl (C=O) groups excluding carboxylic acids is 2. The number of carbonyl (C=O) groups is 2. The fourth-order valence-electron chi connectivity index (χ4n) is 2.96. The summed E-state index contributed by atoms with van der Waals surface area (Å²) in [4.78, 5) is 28.3. The highest BCUT2D eigenvalue weighted by molar-refractivity contribution is 7.21. The summed E-state index contributed by atoms with van der Waals surface area (Å²) < 4.78 is 14.7. The van der Waals surface area contributed by atoms with E-state index in [1.807, 2.05) is 32.6 Å². The number of halogens is 1. The van der Waals surface area contributed by atoms with E-state index in [4.69, 9.17) is 0 Å². The Hall–Kier alpha value is -1.75. The Morgan fingerprint density at radius 2 is 1.89 bits per heavy atom. The Balaban J connectivity index is 2.44. The summed E-state index contributed by atoms with van der Waals surface area (Å²) >= 11 is 1.36. The smallest absolute Gasteiger partial charge is 0.227 e. The van der Waals surface area contributed by atoms with Crippen LogP contribution in [0.3, 0.4) is 0 Å². The lowest BCUT2D eigenvalue weighted by molar-refractivity contribution is -0.130. The van der Waals surface area contributed by atoms with Gasteiger partial charge in [-0.15, -0.1) is 11.3 Å². The molecule has 0 bridgehead atoms. The first-order valence-electron chi connectivity index (χ1n) is 9.58. The van der Waals surface area contributed by atoms with Crippen molar-refractivity contribution >= 4 is 33.1 Å². The Labute approximate surface area is 165 Å². The molecule has 1 amide bonds. The Morgan fingerprint density at radius 3 is 2.44 bits per heavy atom. The van der Waals surface area contributed by atoms with Gasteiger partial charge < -0.3 is 4.90 Å². The van der Waals surface area contributed by atoms with E-state index in [1.54, 1.807) is 6.07 Å². The van der Waals surface area contributed by atoms with Crippen LogP contribution in [0.4, 0.5) is 4.39 Å².